The van der Waals surface area contributed by atoms with E-state index < -0.39 is 0 Å². The predicted octanol–water partition coefficient (Wildman–Crippen LogP) is 4.04. The maximum atomic E-state index is 10.1. The van der Waals surface area contributed by atoms with Crippen molar-refractivity contribution in [3.05, 3.63) is 33.3 Å². The van der Waals surface area contributed by atoms with Crippen LogP contribution in [0.1, 0.15) is 79.1 Å². The predicted molar refractivity (Wildman–Crippen MR) is 172 cm³/mol. The summed E-state index contributed by atoms with van der Waals surface area (Å²) in [7, 11) is 2.17. The molecule has 45 heavy (non-hydrogen) atoms. The molecule has 0 amide bonds. The van der Waals surface area contributed by atoms with E-state index in [4.69, 9.17) is 34.9 Å². The fourth-order valence-corrected chi connectivity index (χ4v) is 10.1. The van der Waals surface area contributed by atoms with Crippen molar-refractivity contribution in [2.45, 2.75) is 87.8 Å². The summed E-state index contributed by atoms with van der Waals surface area (Å²) in [4.78, 5) is 16.2. The fraction of sp³-hybridized carbons (Fsp3) is 0.636. The quantitative estimate of drug-likeness (QED) is 0.422. The number of aromatic nitrogens is 3. The molecule has 3 fully saturated rings. The average Bonchev–Trinajstić information content (AvgIpc) is 3.84. The van der Waals surface area contributed by atoms with Gasteiger partial charge in [0.2, 0.25) is 17.5 Å². The van der Waals surface area contributed by atoms with Crippen LogP contribution in [-0.2, 0) is 23.0 Å². The molecule has 3 aromatic rings. The van der Waals surface area contributed by atoms with Crippen LogP contribution in [0.25, 0.3) is 11.6 Å². The van der Waals surface area contributed by atoms with Crippen molar-refractivity contribution in [3.63, 3.8) is 0 Å². The second-order valence-electron chi connectivity index (χ2n) is 13.6. The minimum Gasteiger partial charge on any atom is -0.473 e. The number of hydrogen-bond donors (Lipinski definition) is 2. The monoisotopic (exact) mass is 630 g/mol. The van der Waals surface area contributed by atoms with Crippen molar-refractivity contribution in [2.75, 3.05) is 57.1 Å². The van der Waals surface area contributed by atoms with Gasteiger partial charge in [-0.2, -0.15) is 10.2 Å². The van der Waals surface area contributed by atoms with Crippen LogP contribution in [0.2, 0.25) is 0 Å². The molecule has 3 saturated heterocycles. The summed E-state index contributed by atoms with van der Waals surface area (Å²) in [5.74, 6) is 2.52. The van der Waals surface area contributed by atoms with E-state index in [1.54, 1.807) is 11.3 Å². The van der Waals surface area contributed by atoms with Crippen molar-refractivity contribution in [1.82, 2.24) is 25.3 Å². The SMILES string of the molecule is C[C@H](Oc1cc(N2CCNCC23CCOC3)nc(-c2onc3c2CCC[C@@]32CCCc3sc(N)c(C#N)c32)n1)[C@@H]1CCCN1C. The molecule has 12 heteroatoms. The molecule has 0 aromatic carbocycles. The molecule has 238 valence electrons. The van der Waals surface area contributed by atoms with Gasteiger partial charge in [-0.3, -0.25) is 4.90 Å². The molecule has 0 radical (unpaired) electrons. The highest BCUT2D eigenvalue weighted by Gasteiger charge is 2.49. The molecule has 2 spiro atoms. The van der Waals surface area contributed by atoms with Crippen LogP contribution in [0, 0.1) is 11.3 Å². The average molecular weight is 631 g/mol. The Morgan fingerprint density at radius 2 is 2.07 bits per heavy atom. The van der Waals surface area contributed by atoms with Crippen molar-refractivity contribution >= 4 is 22.2 Å². The van der Waals surface area contributed by atoms with Crippen molar-refractivity contribution < 1.29 is 14.0 Å². The van der Waals surface area contributed by atoms with Gasteiger partial charge in [-0.15, -0.1) is 11.3 Å². The number of aryl methyl sites for hydroxylation is 1. The molecule has 11 nitrogen and oxygen atoms in total. The van der Waals surface area contributed by atoms with Gasteiger partial charge in [0.25, 0.3) is 0 Å². The third-order valence-electron chi connectivity index (χ3n) is 11.1. The number of nitriles is 1. The second-order valence-corrected chi connectivity index (χ2v) is 14.8. The van der Waals surface area contributed by atoms with Crippen molar-refractivity contribution in [3.8, 4) is 23.5 Å². The molecule has 0 saturated carbocycles. The number of thiophene rings is 1. The normalized spacial score (nSPS) is 28.7. The Kier molecular flexibility index (Phi) is 7.28. The number of nitrogens with one attached hydrogen (secondary N) is 1. The zero-order chi connectivity index (χ0) is 30.8. The summed E-state index contributed by atoms with van der Waals surface area (Å²) >= 11 is 1.56. The third kappa shape index (κ3) is 4.65. The van der Waals surface area contributed by atoms with E-state index in [9.17, 15) is 5.26 Å². The number of fused-ring (bicyclic) bond motifs is 4. The van der Waals surface area contributed by atoms with Crippen LogP contribution >= 0.6 is 11.3 Å². The van der Waals surface area contributed by atoms with E-state index in [2.05, 4.69) is 35.2 Å². The lowest BCUT2D eigenvalue weighted by molar-refractivity contribution is 0.117. The first kappa shape index (κ1) is 29.2. The first-order valence-electron chi connectivity index (χ1n) is 16.6. The van der Waals surface area contributed by atoms with E-state index in [0.29, 0.717) is 40.7 Å². The van der Waals surface area contributed by atoms with E-state index >= 15 is 0 Å². The summed E-state index contributed by atoms with van der Waals surface area (Å²) in [6, 6.07) is 4.77. The van der Waals surface area contributed by atoms with Crippen LogP contribution in [0.15, 0.2) is 10.6 Å². The highest BCUT2D eigenvalue weighted by Crippen LogP contribution is 2.54. The number of ether oxygens (including phenoxy) is 2. The number of nitrogen functional groups attached to an aromatic ring is 1. The van der Waals surface area contributed by atoms with E-state index in [1.807, 2.05) is 6.07 Å². The summed E-state index contributed by atoms with van der Waals surface area (Å²) < 4.78 is 18.8. The summed E-state index contributed by atoms with van der Waals surface area (Å²) in [5.41, 5.74) is 9.53. The zero-order valence-corrected chi connectivity index (χ0v) is 27.0. The van der Waals surface area contributed by atoms with Gasteiger partial charge in [0.15, 0.2) is 0 Å². The lowest BCUT2D eigenvalue weighted by Crippen LogP contribution is -2.62. The molecule has 5 aliphatic rings. The maximum Gasteiger partial charge on any atom is 0.219 e. The number of likely N-dealkylation sites (N-methyl/N-ethyl adjacent to an activating group) is 1. The third-order valence-corrected chi connectivity index (χ3v) is 12.2. The van der Waals surface area contributed by atoms with Crippen LogP contribution in [-0.4, -0.2) is 84.1 Å². The minimum atomic E-state index is -0.371. The Morgan fingerprint density at radius 1 is 1.20 bits per heavy atom. The lowest BCUT2D eigenvalue weighted by atomic mass is 9.62. The molecule has 1 unspecified atom stereocenters. The molecule has 0 bridgehead atoms. The molecule has 4 atom stereocenters. The van der Waals surface area contributed by atoms with Crippen LogP contribution in [0.4, 0.5) is 10.8 Å². The second kappa shape index (κ2) is 11.2. The Labute approximate surface area is 268 Å². The highest BCUT2D eigenvalue weighted by atomic mass is 32.1. The van der Waals surface area contributed by atoms with Crippen molar-refractivity contribution in [1.29, 1.82) is 5.26 Å². The van der Waals surface area contributed by atoms with Gasteiger partial charge in [-0.05, 0) is 83.9 Å². The van der Waals surface area contributed by atoms with E-state index in [1.165, 1.54) is 11.3 Å². The summed E-state index contributed by atoms with van der Waals surface area (Å²) in [6.07, 6.45) is 8.82. The standard InChI is InChI=1S/C33H42N8O3S/c1-20(23-7-5-13-40(23)2)43-26-16-25(41-14-12-36-18-32(41)11-15-42-19-32)37-31(38-26)28-21-6-3-9-33(29(21)39-44-28)10-4-8-24-27(33)22(17-34)30(35)45-24/h16,20,23,36H,3-15,18-19,35H2,1-2H3/t20-,23-,32?,33-/m0/s1. The number of anilines is 2. The number of piperazine rings is 1. The minimum absolute atomic E-state index is 0.0269. The summed E-state index contributed by atoms with van der Waals surface area (Å²) in [5, 5.41) is 19.1. The van der Waals surface area contributed by atoms with Crippen LogP contribution < -0.4 is 20.7 Å². The largest absolute Gasteiger partial charge is 0.473 e. The van der Waals surface area contributed by atoms with Crippen LogP contribution in [0.3, 0.4) is 0 Å². The first-order chi connectivity index (χ1) is 21.9. The Morgan fingerprint density at radius 3 is 2.84 bits per heavy atom. The molecular weight excluding hydrogens is 588 g/mol. The number of likely N-dealkylation sites (tertiary alicyclic amines) is 1. The van der Waals surface area contributed by atoms with Crippen LogP contribution in [0.5, 0.6) is 5.88 Å². The topological polar surface area (TPSA) is 139 Å². The Hall–Kier alpha value is -3.24. The maximum absolute atomic E-state index is 10.1. The Balaban J connectivity index is 1.23. The van der Waals surface area contributed by atoms with Gasteiger partial charge in [-0.1, -0.05) is 5.16 Å². The first-order valence-corrected chi connectivity index (χ1v) is 17.4. The molecule has 3 aromatic heterocycles. The van der Waals surface area contributed by atoms with Gasteiger partial charge in [0.05, 0.1) is 23.4 Å². The highest BCUT2D eigenvalue weighted by molar-refractivity contribution is 7.16. The number of hydrogen-bond acceptors (Lipinski definition) is 12. The van der Waals surface area contributed by atoms with E-state index in [0.717, 1.165) is 107 Å². The molecule has 3 aliphatic heterocycles. The van der Waals surface area contributed by atoms with Gasteiger partial charge >= 0.3 is 0 Å². The molecule has 8 rings (SSSR count). The van der Waals surface area contributed by atoms with Gasteiger partial charge in [0.1, 0.15) is 23.0 Å². The lowest BCUT2D eigenvalue weighted by Gasteiger charge is -2.45. The Bertz CT molecular complexity index is 1640. The van der Waals surface area contributed by atoms with Gasteiger partial charge in [-0.25, -0.2) is 4.98 Å². The van der Waals surface area contributed by atoms with Crippen molar-refractivity contribution in [2.24, 2.45) is 0 Å². The van der Waals surface area contributed by atoms with E-state index in [-0.39, 0.29) is 17.1 Å². The smallest absolute Gasteiger partial charge is 0.219 e. The number of rotatable bonds is 5. The molecule has 3 N–H and O–H groups in total. The molecule has 2 aliphatic carbocycles. The summed E-state index contributed by atoms with van der Waals surface area (Å²) in [6.45, 7) is 7.16. The molecular formula is C33H42N8O3S. The number of nitrogens with zero attached hydrogens (tertiary/aromatic N) is 6. The van der Waals surface area contributed by atoms with Gasteiger partial charge < -0.3 is 29.9 Å². The fourth-order valence-electron chi connectivity index (χ4n) is 8.89. The van der Waals surface area contributed by atoms with Gasteiger partial charge in [0, 0.05) is 54.2 Å². The number of nitrogens with two attached hydrogens (primary N) is 1. The zero-order valence-electron chi connectivity index (χ0n) is 26.2. The molecule has 6 heterocycles.